The molecule has 2 unspecified atom stereocenters. The van der Waals surface area contributed by atoms with E-state index in [0.29, 0.717) is 5.56 Å². The van der Waals surface area contributed by atoms with Gasteiger partial charge in [0.2, 0.25) is 11.8 Å². The summed E-state index contributed by atoms with van der Waals surface area (Å²) in [5, 5.41) is 2.98. The number of amides is 2. The summed E-state index contributed by atoms with van der Waals surface area (Å²) in [4.78, 5) is 27.3. The van der Waals surface area contributed by atoms with Crippen molar-refractivity contribution < 1.29 is 14.0 Å². The maximum Gasteiger partial charge on any atom is 0.248 e. The van der Waals surface area contributed by atoms with E-state index in [-0.39, 0.29) is 23.5 Å². The second-order valence-electron chi connectivity index (χ2n) is 6.83. The molecule has 0 saturated heterocycles. The molecule has 0 bridgehead atoms. The average Bonchev–Trinajstić information content (AvgIpc) is 2.66. The number of rotatable bonds is 8. The lowest BCUT2D eigenvalue weighted by Crippen LogP contribution is -2.47. The van der Waals surface area contributed by atoms with Crippen LogP contribution in [0.5, 0.6) is 0 Å². The second kappa shape index (κ2) is 10.2. The minimum atomic E-state index is -0.950. The lowest BCUT2D eigenvalue weighted by atomic mass is 9.97. The number of hydrogen-bond donors (Lipinski definition) is 1. The van der Waals surface area contributed by atoms with Crippen LogP contribution in [-0.2, 0) is 9.59 Å². The van der Waals surface area contributed by atoms with Crippen LogP contribution < -0.4 is 10.2 Å². The smallest absolute Gasteiger partial charge is 0.248 e. The molecule has 2 aromatic rings. The molecule has 0 saturated carbocycles. The van der Waals surface area contributed by atoms with Crippen molar-refractivity contribution in [2.45, 2.75) is 45.7 Å². The van der Waals surface area contributed by atoms with Gasteiger partial charge in [-0.25, -0.2) is 4.39 Å². The molecule has 2 amide bonds. The number of nitrogens with zero attached hydrogens (tertiary/aromatic N) is 1. The number of aryl methyl sites for hydroxylation is 1. The van der Waals surface area contributed by atoms with E-state index in [1.54, 1.807) is 12.1 Å². The van der Waals surface area contributed by atoms with Gasteiger partial charge in [-0.1, -0.05) is 43.7 Å². The van der Waals surface area contributed by atoms with Gasteiger partial charge in [0, 0.05) is 11.7 Å². The number of nitrogens with one attached hydrogen (secondary N) is 1. The predicted octanol–water partition coefficient (Wildman–Crippen LogP) is 4.75. The minimum Gasteiger partial charge on any atom is -0.352 e. The number of anilines is 1. The third-order valence-corrected chi connectivity index (χ3v) is 4.80. The summed E-state index contributed by atoms with van der Waals surface area (Å²) in [6, 6.07) is 12.0. The Morgan fingerprint density at radius 2 is 1.89 bits per heavy atom. The first kappa shape index (κ1) is 21.9. The highest BCUT2D eigenvalue weighted by atomic mass is 35.5. The van der Waals surface area contributed by atoms with Crippen LogP contribution >= 0.6 is 11.6 Å². The lowest BCUT2D eigenvalue weighted by molar-refractivity contribution is -0.126. The molecule has 0 aliphatic carbocycles. The van der Waals surface area contributed by atoms with Crippen LogP contribution in [0.25, 0.3) is 0 Å². The third kappa shape index (κ3) is 5.32. The Morgan fingerprint density at radius 3 is 2.50 bits per heavy atom. The normalized spacial score (nSPS) is 12.9. The van der Waals surface area contributed by atoms with E-state index in [4.69, 9.17) is 11.6 Å². The van der Waals surface area contributed by atoms with E-state index in [2.05, 4.69) is 5.32 Å². The molecule has 0 fully saturated rings. The van der Waals surface area contributed by atoms with Gasteiger partial charge >= 0.3 is 0 Å². The number of benzene rings is 2. The SMILES string of the molecule is CCCC(C)NC(=O)C(c1ccccc1C)N(C(=O)CCl)c1cccc(F)c1. The Balaban J connectivity index is 2.57. The van der Waals surface area contributed by atoms with Gasteiger partial charge in [-0.2, -0.15) is 0 Å². The third-order valence-electron chi connectivity index (χ3n) is 4.57. The van der Waals surface area contributed by atoms with Crippen LogP contribution in [0.4, 0.5) is 10.1 Å². The molecule has 2 atom stereocenters. The lowest BCUT2D eigenvalue weighted by Gasteiger charge is -2.32. The molecule has 0 heterocycles. The van der Waals surface area contributed by atoms with Crippen molar-refractivity contribution in [3.05, 3.63) is 65.5 Å². The summed E-state index contributed by atoms with van der Waals surface area (Å²) in [6.45, 7) is 5.84. The number of carbonyl (C=O) groups excluding carboxylic acids is 2. The zero-order chi connectivity index (χ0) is 20.7. The van der Waals surface area contributed by atoms with Crippen LogP contribution in [0, 0.1) is 12.7 Å². The standard InChI is InChI=1S/C22H26ClFN2O2/c1-4-8-16(3)25-22(28)21(19-12-6-5-9-15(19)2)26(20(27)14-23)18-11-7-10-17(24)13-18/h5-7,9-13,16,21H,4,8,14H2,1-3H3,(H,25,28). The van der Waals surface area contributed by atoms with Crippen molar-refractivity contribution in [1.82, 2.24) is 5.32 Å². The highest BCUT2D eigenvalue weighted by molar-refractivity contribution is 6.29. The predicted molar refractivity (Wildman–Crippen MR) is 111 cm³/mol. The monoisotopic (exact) mass is 404 g/mol. The van der Waals surface area contributed by atoms with E-state index in [0.717, 1.165) is 18.4 Å². The van der Waals surface area contributed by atoms with Crippen LogP contribution in [0.15, 0.2) is 48.5 Å². The molecule has 0 radical (unpaired) electrons. The van der Waals surface area contributed by atoms with Crippen molar-refractivity contribution in [2.24, 2.45) is 0 Å². The largest absolute Gasteiger partial charge is 0.352 e. The first-order chi connectivity index (χ1) is 13.4. The van der Waals surface area contributed by atoms with Gasteiger partial charge in [0.1, 0.15) is 17.7 Å². The molecule has 2 rings (SSSR count). The van der Waals surface area contributed by atoms with Crippen LogP contribution in [0.1, 0.15) is 43.9 Å². The fourth-order valence-corrected chi connectivity index (χ4v) is 3.37. The molecular weight excluding hydrogens is 379 g/mol. The average molecular weight is 405 g/mol. The fraction of sp³-hybridized carbons (Fsp3) is 0.364. The maximum absolute atomic E-state index is 13.9. The zero-order valence-electron chi connectivity index (χ0n) is 16.4. The number of halogens is 2. The Kier molecular flexibility index (Phi) is 8.00. The summed E-state index contributed by atoms with van der Waals surface area (Å²) < 4.78 is 13.9. The summed E-state index contributed by atoms with van der Waals surface area (Å²) in [5.41, 5.74) is 1.82. The van der Waals surface area contributed by atoms with E-state index >= 15 is 0 Å². The van der Waals surface area contributed by atoms with Crippen LogP contribution in [-0.4, -0.2) is 23.7 Å². The highest BCUT2D eigenvalue weighted by Crippen LogP contribution is 2.30. The molecule has 28 heavy (non-hydrogen) atoms. The van der Waals surface area contributed by atoms with E-state index in [9.17, 15) is 14.0 Å². The summed E-state index contributed by atoms with van der Waals surface area (Å²) >= 11 is 5.85. The first-order valence-electron chi connectivity index (χ1n) is 9.38. The Morgan fingerprint density at radius 1 is 1.18 bits per heavy atom. The van der Waals surface area contributed by atoms with Gasteiger partial charge in [-0.05, 0) is 49.6 Å². The topological polar surface area (TPSA) is 49.4 Å². The highest BCUT2D eigenvalue weighted by Gasteiger charge is 2.33. The first-order valence-corrected chi connectivity index (χ1v) is 9.92. The molecule has 2 aromatic carbocycles. The minimum absolute atomic E-state index is 0.0514. The Labute approximate surface area is 170 Å². The molecular formula is C22H26ClFN2O2. The van der Waals surface area contributed by atoms with Crippen molar-refractivity contribution in [1.29, 1.82) is 0 Å². The van der Waals surface area contributed by atoms with Crippen molar-refractivity contribution >= 4 is 29.1 Å². The van der Waals surface area contributed by atoms with Gasteiger partial charge < -0.3 is 5.32 Å². The van der Waals surface area contributed by atoms with Crippen LogP contribution in [0.2, 0.25) is 0 Å². The van der Waals surface area contributed by atoms with Gasteiger partial charge in [0.05, 0.1) is 0 Å². The van der Waals surface area contributed by atoms with E-state index < -0.39 is 17.8 Å². The number of carbonyl (C=O) groups is 2. The number of hydrogen-bond acceptors (Lipinski definition) is 2. The molecule has 6 heteroatoms. The molecule has 150 valence electrons. The fourth-order valence-electron chi connectivity index (χ4n) is 3.25. The van der Waals surface area contributed by atoms with Crippen molar-refractivity contribution in [3.63, 3.8) is 0 Å². The van der Waals surface area contributed by atoms with Gasteiger partial charge in [-0.15, -0.1) is 11.6 Å². The van der Waals surface area contributed by atoms with Crippen molar-refractivity contribution in [3.8, 4) is 0 Å². The molecule has 0 spiro atoms. The molecule has 0 aliphatic heterocycles. The van der Waals surface area contributed by atoms with E-state index in [1.807, 2.05) is 39.0 Å². The Bertz CT molecular complexity index is 828. The zero-order valence-corrected chi connectivity index (χ0v) is 17.2. The summed E-state index contributed by atoms with van der Waals surface area (Å²) in [6.07, 6.45) is 1.74. The molecule has 4 nitrogen and oxygen atoms in total. The Hall–Kier alpha value is -2.40. The van der Waals surface area contributed by atoms with Crippen molar-refractivity contribution in [2.75, 3.05) is 10.8 Å². The number of alkyl halides is 1. The molecule has 0 aliphatic rings. The van der Waals surface area contributed by atoms with E-state index in [1.165, 1.54) is 23.1 Å². The maximum atomic E-state index is 13.9. The van der Waals surface area contributed by atoms with Crippen LogP contribution in [0.3, 0.4) is 0 Å². The van der Waals surface area contributed by atoms with Gasteiger partial charge in [-0.3, -0.25) is 14.5 Å². The quantitative estimate of drug-likeness (QED) is 0.645. The summed E-state index contributed by atoms with van der Waals surface area (Å²) in [5.74, 6) is -1.61. The molecule has 1 N–H and O–H groups in total. The van der Waals surface area contributed by atoms with Gasteiger partial charge in [0.25, 0.3) is 0 Å². The van der Waals surface area contributed by atoms with Gasteiger partial charge in [0.15, 0.2) is 0 Å². The molecule has 0 aromatic heterocycles. The summed E-state index contributed by atoms with van der Waals surface area (Å²) in [7, 11) is 0. The second-order valence-corrected chi connectivity index (χ2v) is 7.10.